The molecule has 0 spiro atoms. The monoisotopic (exact) mass is 829 g/mol. The molecule has 0 aromatic heterocycles. The maximum absolute atomic E-state index is 13.7. The Hall–Kier alpha value is -3.03. The fraction of sp³-hybridized carbons (Fsp3) is 0.592. The molecule has 6 nitrogen and oxygen atoms in total. The first kappa shape index (κ1) is 57.1. The van der Waals surface area contributed by atoms with Gasteiger partial charge in [0, 0.05) is 24.2 Å². The molecule has 2 aromatic rings. The summed E-state index contributed by atoms with van der Waals surface area (Å²) in [5.41, 5.74) is 6.10. The van der Waals surface area contributed by atoms with Crippen molar-refractivity contribution < 1.29 is 18.4 Å². The summed E-state index contributed by atoms with van der Waals surface area (Å²) in [5.74, 6) is 3.79. The Kier molecular flexibility index (Phi) is 32.2. The smallest absolute Gasteiger partial charge is 0.288 e. The number of likely N-dealkylation sites (tertiary alicyclic amines) is 1. The Morgan fingerprint density at radius 3 is 2.02 bits per heavy atom. The predicted octanol–water partition coefficient (Wildman–Crippen LogP) is 11.5. The lowest BCUT2D eigenvalue weighted by Crippen LogP contribution is -2.31. The molecule has 1 saturated heterocycles. The van der Waals surface area contributed by atoms with E-state index in [-0.39, 0.29) is 11.6 Å². The Balaban J connectivity index is 0. The first-order valence-corrected chi connectivity index (χ1v) is 23.6. The van der Waals surface area contributed by atoms with Gasteiger partial charge in [-0.2, -0.15) is 8.78 Å². The number of hydrogen-bond donors (Lipinski definition) is 3. The van der Waals surface area contributed by atoms with Gasteiger partial charge in [0.25, 0.3) is 5.66 Å². The predicted molar refractivity (Wildman–Crippen MR) is 252 cm³/mol. The number of unbranched alkanes of at least 4 members (excludes halogenated alkanes) is 1. The number of hydrogen-bond acceptors (Lipinski definition) is 6. The van der Waals surface area contributed by atoms with Crippen LogP contribution in [0.2, 0.25) is 0 Å². The van der Waals surface area contributed by atoms with E-state index in [0.717, 1.165) is 79.7 Å². The maximum atomic E-state index is 13.7. The van der Waals surface area contributed by atoms with Gasteiger partial charge in [-0.3, -0.25) is 4.79 Å². The van der Waals surface area contributed by atoms with Gasteiger partial charge in [0.05, 0.1) is 6.04 Å². The number of carbonyl (C=O) groups is 2. The van der Waals surface area contributed by atoms with Crippen molar-refractivity contribution in [2.75, 3.05) is 41.0 Å². The van der Waals surface area contributed by atoms with Crippen LogP contribution in [0.5, 0.6) is 0 Å². The normalized spacial score (nSPS) is 19.4. The number of nitrogens with one attached hydrogen (secondary N) is 2. The molecular weight excluding hydrogens is 746 g/mol. The molecule has 2 aromatic carbocycles. The van der Waals surface area contributed by atoms with E-state index in [1.807, 2.05) is 33.2 Å². The number of carbonyl (C=O) groups excluding carboxylic acids is 2. The van der Waals surface area contributed by atoms with Gasteiger partial charge in [0.1, 0.15) is 12.6 Å². The van der Waals surface area contributed by atoms with E-state index in [2.05, 4.69) is 100 Å². The highest BCUT2D eigenvalue weighted by atomic mass is 31.1. The number of allylic oxidation sites excluding steroid dienone is 3. The van der Waals surface area contributed by atoms with Crippen LogP contribution in [0.1, 0.15) is 109 Å². The zero-order valence-electron chi connectivity index (χ0n) is 38.7. The number of likely N-dealkylation sites (N-methyl/N-ethyl adjacent to an activating group) is 1. The Bertz CT molecular complexity index is 1400. The first-order valence-electron chi connectivity index (χ1n) is 21.3. The van der Waals surface area contributed by atoms with Gasteiger partial charge < -0.3 is 26.1 Å². The van der Waals surface area contributed by atoms with Gasteiger partial charge in [-0.05, 0) is 148 Å². The summed E-state index contributed by atoms with van der Waals surface area (Å²) >= 11 is 0. The number of piperidine rings is 1. The molecule has 1 aliphatic heterocycles. The van der Waals surface area contributed by atoms with Gasteiger partial charge in [0.15, 0.2) is 0 Å². The van der Waals surface area contributed by atoms with Gasteiger partial charge in [-0.1, -0.05) is 114 Å². The number of aryl methyl sites for hydroxylation is 2. The van der Waals surface area contributed by atoms with Crippen molar-refractivity contribution in [2.45, 2.75) is 124 Å². The van der Waals surface area contributed by atoms with Crippen molar-refractivity contribution in [1.82, 2.24) is 15.5 Å². The molecule has 4 rings (SSSR count). The third kappa shape index (κ3) is 21.3. The summed E-state index contributed by atoms with van der Waals surface area (Å²) in [4.78, 5) is 23.0. The van der Waals surface area contributed by atoms with Crippen LogP contribution in [0.25, 0.3) is 5.57 Å². The Labute approximate surface area is 355 Å². The fourth-order valence-electron chi connectivity index (χ4n) is 6.88. The first-order chi connectivity index (χ1) is 27.6. The van der Waals surface area contributed by atoms with Crippen LogP contribution >= 0.6 is 7.92 Å². The van der Waals surface area contributed by atoms with Crippen LogP contribution in [-0.2, 0) is 21.7 Å². The SMILES string of the molecule is C/C(=C\C=O)c1ccc(C(F)(F)P(C)C)cc1.C=CCCC(NC=C)C(C)CCc1ccc(C)cc1.CC.CC1C2CN(C)C(C)C12.CCCCC(C=O)NC.CN. The van der Waals surface area contributed by atoms with E-state index in [0.29, 0.717) is 18.2 Å². The van der Waals surface area contributed by atoms with E-state index in [4.69, 9.17) is 0 Å². The number of benzene rings is 2. The summed E-state index contributed by atoms with van der Waals surface area (Å²) in [7, 11) is 4.20. The van der Waals surface area contributed by atoms with Crippen molar-refractivity contribution in [3.63, 3.8) is 0 Å². The molecule has 1 saturated carbocycles. The molecule has 9 heteroatoms. The molecule has 2 aliphatic rings. The van der Waals surface area contributed by atoms with Crippen molar-refractivity contribution in [2.24, 2.45) is 29.4 Å². The van der Waals surface area contributed by atoms with Gasteiger partial charge in [0.2, 0.25) is 0 Å². The largest absolute Gasteiger partial charge is 0.388 e. The lowest BCUT2D eigenvalue weighted by molar-refractivity contribution is -0.109. The van der Waals surface area contributed by atoms with Crippen molar-refractivity contribution in [3.05, 3.63) is 102 Å². The number of aldehydes is 2. The molecule has 1 heterocycles. The van der Waals surface area contributed by atoms with Gasteiger partial charge in [-0.15, -0.1) is 6.58 Å². The van der Waals surface area contributed by atoms with Gasteiger partial charge >= 0.3 is 0 Å². The zero-order chi connectivity index (χ0) is 44.8. The highest BCUT2D eigenvalue weighted by Crippen LogP contribution is 2.54. The Morgan fingerprint density at radius 1 is 1.02 bits per heavy atom. The third-order valence-electron chi connectivity index (χ3n) is 11.1. The molecule has 7 atom stereocenters. The number of rotatable bonds is 18. The van der Waals surface area contributed by atoms with E-state index in [1.54, 1.807) is 32.4 Å². The summed E-state index contributed by atoms with van der Waals surface area (Å²) < 4.78 is 27.4. The van der Waals surface area contributed by atoms with Crippen molar-refractivity contribution in [1.29, 1.82) is 0 Å². The average molecular weight is 829 g/mol. The van der Waals surface area contributed by atoms with E-state index in [1.165, 1.54) is 49.3 Å². The molecule has 330 valence electrons. The topological polar surface area (TPSA) is 87.5 Å². The minimum Gasteiger partial charge on any atom is -0.388 e. The zero-order valence-corrected chi connectivity index (χ0v) is 39.6. The summed E-state index contributed by atoms with van der Waals surface area (Å²) in [6.45, 7) is 29.1. The molecule has 0 radical (unpaired) electrons. The van der Waals surface area contributed by atoms with E-state index >= 15 is 0 Å². The van der Waals surface area contributed by atoms with Crippen LogP contribution in [-0.4, -0.2) is 76.6 Å². The standard InChI is InChI=1S/C18H27N.C13H15F2OP.C8H15N.C7H15NO.C2H6.CH5N/c1-5-7-8-18(19-6-2)16(4)11-14-17-12-9-15(3)10-13-17;1-10(8-9-16)11-4-6-12(7-5-11)13(14,15)17(2)3;1-5-7-4-9(3)6(2)8(5)7;1-3-4-5-7(6-9)8-2;2*1-2/h5-6,9-10,12-13,16,18-19H,1-2,7-8,11,14H2,3-4H3;4-9H,1-3H3;5-8H,4H2,1-3H3;6-8H,3-5H2,1-2H3;1-2H3;2H2,1H3/b;10-8+;;;;. The number of halogens is 2. The number of nitrogens with two attached hydrogens (primary N) is 1. The molecule has 2 fully saturated rings. The van der Waals surface area contributed by atoms with Crippen LogP contribution in [0.15, 0.2) is 80.0 Å². The minimum atomic E-state index is -2.75. The molecule has 0 bridgehead atoms. The molecule has 1 aliphatic carbocycles. The molecule has 7 unspecified atom stereocenters. The van der Waals surface area contributed by atoms with E-state index in [9.17, 15) is 18.4 Å². The van der Waals surface area contributed by atoms with Gasteiger partial charge in [-0.25, -0.2) is 0 Å². The Morgan fingerprint density at radius 2 is 1.60 bits per heavy atom. The molecule has 0 amide bonds. The highest BCUT2D eigenvalue weighted by molar-refractivity contribution is 7.56. The summed E-state index contributed by atoms with van der Waals surface area (Å²) in [5, 5.41) is 6.30. The van der Waals surface area contributed by atoms with Crippen molar-refractivity contribution in [3.8, 4) is 0 Å². The van der Waals surface area contributed by atoms with Crippen LogP contribution < -0.4 is 16.4 Å². The second kappa shape index (κ2) is 32.8. The summed E-state index contributed by atoms with van der Waals surface area (Å²) in [6, 6.07) is 16.4. The van der Waals surface area contributed by atoms with Crippen LogP contribution in [0, 0.1) is 30.6 Å². The number of fused-ring (bicyclic) bond motifs is 1. The van der Waals surface area contributed by atoms with Crippen molar-refractivity contribution >= 4 is 26.1 Å². The molecular formula is C49H83F2N4O2P. The number of nitrogens with zero attached hydrogens (tertiary/aromatic N) is 1. The second-order valence-corrected chi connectivity index (χ2v) is 17.6. The number of alkyl halides is 2. The molecule has 58 heavy (non-hydrogen) atoms. The third-order valence-corrected chi connectivity index (χ3v) is 12.4. The minimum absolute atomic E-state index is 0.0382. The fourth-order valence-corrected chi connectivity index (χ4v) is 7.55. The maximum Gasteiger partial charge on any atom is 0.288 e. The highest BCUT2D eigenvalue weighted by Gasteiger charge is 2.55. The van der Waals surface area contributed by atoms with E-state index < -0.39 is 13.6 Å². The molecule has 4 N–H and O–H groups in total. The quantitative estimate of drug-likeness (QED) is 0.0600. The van der Waals surface area contributed by atoms with Crippen LogP contribution in [0.4, 0.5) is 8.78 Å². The average Bonchev–Trinajstić information content (AvgIpc) is 3.76. The lowest BCUT2D eigenvalue weighted by Gasteiger charge is -2.24. The second-order valence-electron chi connectivity index (χ2n) is 15.3. The van der Waals surface area contributed by atoms with Crippen LogP contribution in [0.3, 0.4) is 0 Å². The summed E-state index contributed by atoms with van der Waals surface area (Å²) in [6.07, 6.45) is 14.7. The lowest BCUT2D eigenvalue weighted by atomic mass is 9.91.